The third-order valence-corrected chi connectivity index (χ3v) is 3.25. The SMILES string of the molecule is CC(C)Oc1cccc2c1ccn2Cc1cncc(F)c1. The van der Waals surface area contributed by atoms with Crippen LogP contribution in [0.15, 0.2) is 48.9 Å². The molecule has 3 aromatic rings. The average molecular weight is 284 g/mol. The van der Waals surface area contributed by atoms with Gasteiger partial charge in [0.2, 0.25) is 0 Å². The Hall–Kier alpha value is -2.36. The first-order chi connectivity index (χ1) is 10.1. The number of hydrogen-bond acceptors (Lipinski definition) is 2. The number of pyridine rings is 1. The van der Waals surface area contributed by atoms with E-state index in [4.69, 9.17) is 4.74 Å². The van der Waals surface area contributed by atoms with Crippen LogP contribution in [0.2, 0.25) is 0 Å². The molecule has 0 saturated heterocycles. The first kappa shape index (κ1) is 13.6. The van der Waals surface area contributed by atoms with Crippen LogP contribution >= 0.6 is 0 Å². The first-order valence-corrected chi connectivity index (χ1v) is 6.97. The van der Waals surface area contributed by atoms with E-state index in [1.807, 2.05) is 44.3 Å². The molecule has 2 aromatic heterocycles. The van der Waals surface area contributed by atoms with Crippen molar-refractivity contribution in [2.45, 2.75) is 26.5 Å². The highest BCUT2D eigenvalue weighted by molar-refractivity contribution is 5.86. The standard InChI is InChI=1S/C17H17FN2O/c1-12(2)21-17-5-3-4-16-15(17)6-7-20(16)11-13-8-14(18)10-19-9-13/h3-10,12H,11H2,1-2H3. The summed E-state index contributed by atoms with van der Waals surface area (Å²) in [5, 5.41) is 1.07. The molecule has 0 amide bonds. The van der Waals surface area contributed by atoms with E-state index < -0.39 is 0 Å². The van der Waals surface area contributed by atoms with Crippen LogP contribution in [0.4, 0.5) is 4.39 Å². The molecule has 2 heterocycles. The third kappa shape index (κ3) is 2.89. The van der Waals surface area contributed by atoms with Crippen molar-refractivity contribution in [2.24, 2.45) is 0 Å². The first-order valence-electron chi connectivity index (χ1n) is 6.97. The topological polar surface area (TPSA) is 27.1 Å². The Morgan fingerprint density at radius 3 is 2.86 bits per heavy atom. The van der Waals surface area contributed by atoms with Crippen molar-refractivity contribution in [3.8, 4) is 5.75 Å². The molecular formula is C17H17FN2O. The summed E-state index contributed by atoms with van der Waals surface area (Å²) in [6, 6.07) is 9.51. The Balaban J connectivity index is 1.97. The van der Waals surface area contributed by atoms with Crippen LogP contribution in [-0.4, -0.2) is 15.7 Å². The van der Waals surface area contributed by atoms with E-state index in [-0.39, 0.29) is 11.9 Å². The summed E-state index contributed by atoms with van der Waals surface area (Å²) in [7, 11) is 0. The molecule has 1 aromatic carbocycles. The van der Waals surface area contributed by atoms with Crippen LogP contribution in [0, 0.1) is 5.82 Å². The van der Waals surface area contributed by atoms with Gasteiger partial charge < -0.3 is 9.30 Å². The Bertz CT molecular complexity index is 764. The summed E-state index contributed by atoms with van der Waals surface area (Å²) in [4.78, 5) is 3.89. The molecule has 0 unspecified atom stereocenters. The molecule has 4 heteroatoms. The van der Waals surface area contributed by atoms with E-state index in [1.165, 1.54) is 12.3 Å². The molecule has 21 heavy (non-hydrogen) atoms. The Morgan fingerprint density at radius 2 is 2.10 bits per heavy atom. The fourth-order valence-electron chi connectivity index (χ4n) is 2.43. The molecule has 0 bridgehead atoms. The highest BCUT2D eigenvalue weighted by atomic mass is 19.1. The molecule has 0 atom stereocenters. The lowest BCUT2D eigenvalue weighted by Crippen LogP contribution is -2.05. The fraction of sp³-hybridized carbons (Fsp3) is 0.235. The second-order valence-corrected chi connectivity index (χ2v) is 5.31. The van der Waals surface area contributed by atoms with E-state index in [0.717, 1.165) is 22.2 Å². The molecule has 0 fully saturated rings. The summed E-state index contributed by atoms with van der Waals surface area (Å²) in [6.45, 7) is 4.60. The highest BCUT2D eigenvalue weighted by Gasteiger charge is 2.08. The second kappa shape index (κ2) is 5.56. The van der Waals surface area contributed by atoms with Gasteiger partial charge in [-0.05, 0) is 43.7 Å². The molecule has 0 saturated carbocycles. The number of nitrogens with zero attached hydrogens (tertiary/aromatic N) is 2. The Morgan fingerprint density at radius 1 is 1.24 bits per heavy atom. The van der Waals surface area contributed by atoms with Crippen molar-refractivity contribution in [3.05, 3.63) is 60.3 Å². The van der Waals surface area contributed by atoms with Crippen molar-refractivity contribution < 1.29 is 9.13 Å². The molecule has 3 nitrogen and oxygen atoms in total. The van der Waals surface area contributed by atoms with Gasteiger partial charge in [0.1, 0.15) is 11.6 Å². The molecule has 0 aliphatic rings. The predicted molar refractivity (Wildman–Crippen MR) is 81.0 cm³/mol. The lowest BCUT2D eigenvalue weighted by Gasteiger charge is -2.11. The number of aromatic nitrogens is 2. The average Bonchev–Trinajstić information content (AvgIpc) is 2.83. The number of halogens is 1. The maximum absolute atomic E-state index is 13.2. The van der Waals surface area contributed by atoms with Crippen LogP contribution in [-0.2, 0) is 6.54 Å². The highest BCUT2D eigenvalue weighted by Crippen LogP contribution is 2.27. The third-order valence-electron chi connectivity index (χ3n) is 3.25. The van der Waals surface area contributed by atoms with Crippen LogP contribution in [0.5, 0.6) is 5.75 Å². The van der Waals surface area contributed by atoms with Crippen LogP contribution in [0.1, 0.15) is 19.4 Å². The lowest BCUT2D eigenvalue weighted by atomic mass is 10.2. The summed E-state index contributed by atoms with van der Waals surface area (Å²) in [5.74, 6) is 0.561. The number of benzene rings is 1. The molecule has 0 radical (unpaired) electrons. The maximum atomic E-state index is 13.2. The molecule has 0 aliphatic heterocycles. The van der Waals surface area contributed by atoms with Crippen LogP contribution in [0.3, 0.4) is 0 Å². The van der Waals surface area contributed by atoms with Crippen LogP contribution in [0.25, 0.3) is 10.9 Å². The van der Waals surface area contributed by atoms with Crippen molar-refractivity contribution in [3.63, 3.8) is 0 Å². The summed E-state index contributed by atoms with van der Waals surface area (Å²) < 4.78 is 21.1. The summed E-state index contributed by atoms with van der Waals surface area (Å²) in [6.07, 6.45) is 5.02. The number of rotatable bonds is 4. The monoisotopic (exact) mass is 284 g/mol. The van der Waals surface area contributed by atoms with Gasteiger partial charge in [-0.15, -0.1) is 0 Å². The predicted octanol–water partition coefficient (Wildman–Crippen LogP) is 4.01. The lowest BCUT2D eigenvalue weighted by molar-refractivity contribution is 0.245. The zero-order valence-electron chi connectivity index (χ0n) is 12.1. The summed E-state index contributed by atoms with van der Waals surface area (Å²) >= 11 is 0. The molecule has 0 N–H and O–H groups in total. The molecule has 108 valence electrons. The Labute approximate surface area is 123 Å². The Kier molecular flexibility index (Phi) is 3.60. The van der Waals surface area contributed by atoms with Crippen LogP contribution < -0.4 is 4.74 Å². The number of hydrogen-bond donors (Lipinski definition) is 0. The minimum Gasteiger partial charge on any atom is -0.490 e. The largest absolute Gasteiger partial charge is 0.490 e. The minimum absolute atomic E-state index is 0.131. The summed E-state index contributed by atoms with van der Waals surface area (Å²) in [5.41, 5.74) is 1.90. The van der Waals surface area contributed by atoms with Gasteiger partial charge in [-0.1, -0.05) is 6.07 Å². The molecule has 0 aliphatic carbocycles. The van der Waals surface area contributed by atoms with Gasteiger partial charge in [0.25, 0.3) is 0 Å². The normalized spacial score (nSPS) is 11.2. The molecule has 3 rings (SSSR count). The van der Waals surface area contributed by atoms with Gasteiger partial charge >= 0.3 is 0 Å². The maximum Gasteiger partial charge on any atom is 0.141 e. The number of ether oxygens (including phenoxy) is 1. The van der Waals surface area contributed by atoms with Gasteiger partial charge in [0, 0.05) is 24.3 Å². The second-order valence-electron chi connectivity index (χ2n) is 5.31. The van der Waals surface area contributed by atoms with Gasteiger partial charge in [-0.3, -0.25) is 4.98 Å². The van der Waals surface area contributed by atoms with E-state index in [2.05, 4.69) is 9.55 Å². The van der Waals surface area contributed by atoms with Gasteiger partial charge in [-0.25, -0.2) is 4.39 Å². The van der Waals surface area contributed by atoms with Gasteiger partial charge in [0.05, 0.1) is 17.8 Å². The fourth-order valence-corrected chi connectivity index (χ4v) is 2.43. The van der Waals surface area contributed by atoms with Crippen molar-refractivity contribution >= 4 is 10.9 Å². The smallest absolute Gasteiger partial charge is 0.141 e. The molecular weight excluding hydrogens is 267 g/mol. The van der Waals surface area contributed by atoms with Crippen molar-refractivity contribution in [2.75, 3.05) is 0 Å². The van der Waals surface area contributed by atoms with Crippen molar-refractivity contribution in [1.29, 1.82) is 0 Å². The van der Waals surface area contributed by atoms with Gasteiger partial charge in [-0.2, -0.15) is 0 Å². The number of fused-ring (bicyclic) bond motifs is 1. The quantitative estimate of drug-likeness (QED) is 0.723. The minimum atomic E-state index is -0.312. The van der Waals surface area contributed by atoms with E-state index in [0.29, 0.717) is 6.54 Å². The van der Waals surface area contributed by atoms with Gasteiger partial charge in [0.15, 0.2) is 0 Å². The van der Waals surface area contributed by atoms with E-state index in [9.17, 15) is 4.39 Å². The zero-order chi connectivity index (χ0) is 14.8. The van der Waals surface area contributed by atoms with E-state index >= 15 is 0 Å². The molecule has 0 spiro atoms. The van der Waals surface area contributed by atoms with E-state index in [1.54, 1.807) is 6.20 Å². The van der Waals surface area contributed by atoms with Crippen molar-refractivity contribution in [1.82, 2.24) is 9.55 Å². The zero-order valence-corrected chi connectivity index (χ0v) is 12.1.